The lowest BCUT2D eigenvalue weighted by molar-refractivity contribution is -0.139. The van der Waals surface area contributed by atoms with Crippen molar-refractivity contribution in [3.63, 3.8) is 0 Å². The molecular weight excluding hydrogens is 601 g/mol. The SMILES string of the molecule is C[C@@H](C(=O)OP(=O)(O)O)N(OC1CCCCCC1)c1ccccc1.Nc1nc(NC2CC2)c2ncn([C@H]3C=C[C@@H](CO)C3)c2n1. The van der Waals surface area contributed by atoms with Crippen LogP contribution in [0.1, 0.15) is 70.8 Å². The minimum absolute atomic E-state index is 0.0296. The molecule has 3 aromatic rings. The molecule has 2 heterocycles. The lowest BCUT2D eigenvalue weighted by atomic mass is 10.1. The average molecular weight is 644 g/mol. The number of nitrogens with one attached hydrogen (secondary N) is 1. The first-order chi connectivity index (χ1) is 21.6. The zero-order chi connectivity index (χ0) is 32.0. The predicted molar refractivity (Wildman–Crippen MR) is 169 cm³/mol. The van der Waals surface area contributed by atoms with E-state index in [9.17, 15) is 14.5 Å². The van der Waals surface area contributed by atoms with E-state index < -0.39 is 19.8 Å². The second kappa shape index (κ2) is 14.7. The van der Waals surface area contributed by atoms with Gasteiger partial charge in [-0.1, -0.05) is 56.0 Å². The van der Waals surface area contributed by atoms with Crippen LogP contribution in [0.2, 0.25) is 0 Å². The van der Waals surface area contributed by atoms with Crippen molar-refractivity contribution in [3.05, 3.63) is 48.8 Å². The monoisotopic (exact) mass is 643 g/mol. The number of aliphatic hydroxyl groups excluding tert-OH is 1. The van der Waals surface area contributed by atoms with Gasteiger partial charge < -0.3 is 25.2 Å². The molecule has 6 rings (SSSR count). The van der Waals surface area contributed by atoms with E-state index in [2.05, 4.69) is 30.9 Å². The standard InChI is InChI=1S/C16H24NO6P.C14H18N6O/c1-13(16(18)23-24(19,20)21)17(14-9-5-4-6-10-14)22-15-11-7-2-3-8-12-15;15-14-18-12(17-9-2-3-9)11-13(19-14)20(7-16-11)10-4-1-8(5-10)6-21/h4-6,9-10,13,15H,2-3,7-8,11-12H2,1H3,(H2,19,20,21);1,4,7-10,21H,2-3,5-6H2,(H3,15,17,18,19)/t13-;8-,10+/m01/s1. The van der Waals surface area contributed by atoms with Gasteiger partial charge in [0.05, 0.1) is 24.2 Å². The van der Waals surface area contributed by atoms with E-state index in [1.807, 2.05) is 16.7 Å². The lowest BCUT2D eigenvalue weighted by Crippen LogP contribution is -2.42. The van der Waals surface area contributed by atoms with Crippen molar-refractivity contribution in [2.24, 2.45) is 5.92 Å². The Morgan fingerprint density at radius 3 is 2.44 bits per heavy atom. The van der Waals surface area contributed by atoms with Gasteiger partial charge >= 0.3 is 13.8 Å². The van der Waals surface area contributed by atoms with Crippen LogP contribution in [-0.2, 0) is 18.7 Å². The molecule has 0 radical (unpaired) electrons. The molecule has 2 saturated carbocycles. The zero-order valence-electron chi connectivity index (χ0n) is 25.3. The van der Waals surface area contributed by atoms with Crippen LogP contribution < -0.4 is 16.1 Å². The van der Waals surface area contributed by atoms with Crippen molar-refractivity contribution in [2.75, 3.05) is 22.7 Å². The molecule has 6 N–H and O–H groups in total. The van der Waals surface area contributed by atoms with Gasteiger partial charge in [-0.25, -0.2) is 19.4 Å². The fourth-order valence-electron chi connectivity index (χ4n) is 5.54. The first-order valence-corrected chi connectivity index (χ1v) is 17.0. The van der Waals surface area contributed by atoms with Gasteiger partial charge in [-0.2, -0.15) is 9.97 Å². The number of para-hydroxylation sites is 1. The second-order valence-electron chi connectivity index (χ2n) is 11.8. The number of aliphatic hydroxyl groups is 1. The highest BCUT2D eigenvalue weighted by atomic mass is 31.2. The molecular formula is C30H42N7O7P. The van der Waals surface area contributed by atoms with Crippen LogP contribution in [0.3, 0.4) is 0 Å². The molecule has 0 saturated heterocycles. The third-order valence-electron chi connectivity index (χ3n) is 8.08. The lowest BCUT2D eigenvalue weighted by Gasteiger charge is -2.32. The number of carbonyl (C=O) groups is 1. The number of nitrogens with zero attached hydrogens (tertiary/aromatic N) is 5. The summed E-state index contributed by atoms with van der Waals surface area (Å²) in [6.45, 7) is 1.67. The Balaban J connectivity index is 0.000000179. The van der Waals surface area contributed by atoms with Gasteiger partial charge in [-0.3, -0.25) is 14.6 Å². The maximum absolute atomic E-state index is 12.0. The van der Waals surface area contributed by atoms with Gasteiger partial charge in [0.1, 0.15) is 0 Å². The summed E-state index contributed by atoms with van der Waals surface area (Å²) in [7, 11) is -4.89. The van der Waals surface area contributed by atoms with E-state index in [-0.39, 0.29) is 30.6 Å². The summed E-state index contributed by atoms with van der Waals surface area (Å²) < 4.78 is 17.2. The number of phosphoric ester groups is 1. The summed E-state index contributed by atoms with van der Waals surface area (Å²) in [5.41, 5.74) is 7.99. The molecule has 2 fully saturated rings. The van der Waals surface area contributed by atoms with E-state index in [0.29, 0.717) is 11.7 Å². The molecule has 3 atom stereocenters. The maximum atomic E-state index is 12.0. The maximum Gasteiger partial charge on any atom is 0.527 e. The Labute approximate surface area is 261 Å². The van der Waals surface area contributed by atoms with Gasteiger partial charge in [-0.15, -0.1) is 0 Å². The number of hydrogen-bond donors (Lipinski definition) is 5. The zero-order valence-corrected chi connectivity index (χ0v) is 26.2. The Morgan fingerprint density at radius 2 is 1.82 bits per heavy atom. The highest BCUT2D eigenvalue weighted by molar-refractivity contribution is 7.46. The largest absolute Gasteiger partial charge is 0.527 e. The first-order valence-electron chi connectivity index (χ1n) is 15.5. The number of nitrogens with two attached hydrogens (primary N) is 1. The van der Waals surface area contributed by atoms with E-state index in [0.717, 1.165) is 61.9 Å². The van der Waals surface area contributed by atoms with E-state index >= 15 is 0 Å². The number of rotatable bonds is 10. The van der Waals surface area contributed by atoms with Crippen LogP contribution in [-0.4, -0.2) is 65.2 Å². The molecule has 3 aliphatic carbocycles. The molecule has 0 amide bonds. The number of imidazole rings is 1. The minimum atomic E-state index is -4.89. The summed E-state index contributed by atoms with van der Waals surface area (Å²) in [6.07, 6.45) is 15.3. The van der Waals surface area contributed by atoms with Crippen LogP contribution in [0.15, 0.2) is 48.8 Å². The Hall–Kier alpha value is -3.55. The molecule has 14 nitrogen and oxygen atoms in total. The number of benzene rings is 1. The smallest absolute Gasteiger partial charge is 0.396 e. The van der Waals surface area contributed by atoms with Gasteiger partial charge in [0.25, 0.3) is 0 Å². The van der Waals surface area contributed by atoms with Gasteiger partial charge in [-0.05, 0) is 51.2 Å². The van der Waals surface area contributed by atoms with E-state index in [1.165, 1.54) is 24.8 Å². The summed E-state index contributed by atoms with van der Waals surface area (Å²) in [5.74, 6) is 0.157. The van der Waals surface area contributed by atoms with Gasteiger partial charge in [0.2, 0.25) is 5.95 Å². The number of hydroxylamine groups is 1. The quantitative estimate of drug-likeness (QED) is 0.0910. The molecule has 0 unspecified atom stereocenters. The highest BCUT2D eigenvalue weighted by Crippen LogP contribution is 2.37. The van der Waals surface area contributed by atoms with Crippen molar-refractivity contribution in [2.45, 2.75) is 88.9 Å². The molecule has 15 heteroatoms. The van der Waals surface area contributed by atoms with Crippen molar-refractivity contribution in [1.82, 2.24) is 19.5 Å². The van der Waals surface area contributed by atoms with Crippen LogP contribution in [0, 0.1) is 5.92 Å². The topological polar surface area (TPSA) is 198 Å². The third-order valence-corrected chi connectivity index (χ3v) is 8.49. The number of allylic oxidation sites excluding steroid dienone is 1. The Bertz CT molecular complexity index is 1500. The average Bonchev–Trinajstić information content (AvgIpc) is 3.62. The van der Waals surface area contributed by atoms with Crippen LogP contribution in [0.4, 0.5) is 17.5 Å². The molecule has 0 bridgehead atoms. The molecule has 45 heavy (non-hydrogen) atoms. The molecule has 0 spiro atoms. The van der Waals surface area contributed by atoms with E-state index in [1.54, 1.807) is 30.6 Å². The van der Waals surface area contributed by atoms with Crippen molar-refractivity contribution < 1.29 is 33.6 Å². The Kier molecular flexibility index (Phi) is 10.7. The second-order valence-corrected chi connectivity index (χ2v) is 12.9. The number of carbonyl (C=O) groups excluding carboxylic acids is 1. The van der Waals surface area contributed by atoms with Crippen LogP contribution >= 0.6 is 7.82 Å². The van der Waals surface area contributed by atoms with Crippen molar-refractivity contribution in [1.29, 1.82) is 0 Å². The minimum Gasteiger partial charge on any atom is -0.396 e. The Morgan fingerprint density at radius 1 is 1.11 bits per heavy atom. The molecule has 244 valence electrons. The van der Waals surface area contributed by atoms with Crippen LogP contribution in [0.5, 0.6) is 0 Å². The summed E-state index contributed by atoms with van der Waals surface area (Å²) >= 11 is 0. The number of aromatic nitrogens is 4. The normalized spacial score (nSPS) is 21.1. The van der Waals surface area contributed by atoms with E-state index in [4.69, 9.17) is 20.4 Å². The fraction of sp³-hybridized carbons (Fsp3) is 0.533. The molecule has 1 aromatic carbocycles. The molecule has 0 aliphatic heterocycles. The summed E-state index contributed by atoms with van der Waals surface area (Å²) in [6, 6.07) is 8.66. The fourth-order valence-corrected chi connectivity index (χ4v) is 5.93. The van der Waals surface area contributed by atoms with Crippen LogP contribution in [0.25, 0.3) is 11.2 Å². The first kappa shape index (κ1) is 32.8. The predicted octanol–water partition coefficient (Wildman–Crippen LogP) is 4.26. The molecule has 2 aromatic heterocycles. The molecule has 3 aliphatic rings. The highest BCUT2D eigenvalue weighted by Gasteiger charge is 2.32. The summed E-state index contributed by atoms with van der Waals surface area (Å²) in [4.78, 5) is 48.9. The number of hydrogen-bond acceptors (Lipinski definition) is 11. The summed E-state index contributed by atoms with van der Waals surface area (Å²) in [5, 5.41) is 14.0. The number of fused-ring (bicyclic) bond motifs is 1. The number of anilines is 3. The van der Waals surface area contributed by atoms with Crippen molar-refractivity contribution >= 4 is 42.4 Å². The number of nitrogen functional groups attached to an aromatic ring is 1. The van der Waals surface area contributed by atoms with Gasteiger partial charge in [0.15, 0.2) is 23.0 Å². The van der Waals surface area contributed by atoms with Gasteiger partial charge in [0, 0.05) is 18.6 Å². The number of phosphoric acid groups is 1. The van der Waals surface area contributed by atoms with Crippen molar-refractivity contribution in [3.8, 4) is 0 Å². The third kappa shape index (κ3) is 9.01.